The van der Waals surface area contributed by atoms with Gasteiger partial charge in [0.25, 0.3) is 0 Å². The Morgan fingerprint density at radius 2 is 1.75 bits per heavy atom. The summed E-state index contributed by atoms with van der Waals surface area (Å²) in [6, 6.07) is 6.73. The van der Waals surface area contributed by atoms with E-state index in [9.17, 15) is 8.42 Å². The van der Waals surface area contributed by atoms with Crippen molar-refractivity contribution >= 4 is 26.0 Å². The van der Waals surface area contributed by atoms with Crippen molar-refractivity contribution in [3.8, 4) is 0 Å². The van der Waals surface area contributed by atoms with E-state index in [0.717, 1.165) is 16.8 Å². The summed E-state index contributed by atoms with van der Waals surface area (Å²) in [4.78, 5) is 0.331. The molecule has 0 heterocycles. The van der Waals surface area contributed by atoms with Crippen LogP contribution in [0.25, 0.3) is 0 Å². The number of sulfonamides is 1. The maximum absolute atomic E-state index is 12.1. The fraction of sp³-hybridized carbons (Fsp3) is 0.600. The van der Waals surface area contributed by atoms with Crippen LogP contribution in [0.5, 0.6) is 0 Å². The molecule has 1 aromatic carbocycles. The van der Waals surface area contributed by atoms with Crippen LogP contribution in [0.3, 0.4) is 0 Å². The van der Waals surface area contributed by atoms with Crippen LogP contribution in [-0.4, -0.2) is 15.0 Å². The van der Waals surface area contributed by atoms with Crippen LogP contribution in [0.2, 0.25) is 0 Å². The fourth-order valence-electron chi connectivity index (χ4n) is 2.71. The first-order chi connectivity index (χ1) is 9.47. The average Bonchev–Trinajstić information content (AvgIpc) is 2.41. The van der Waals surface area contributed by atoms with Crippen LogP contribution >= 0.6 is 15.9 Å². The second-order valence-electron chi connectivity index (χ2n) is 5.77. The summed E-state index contributed by atoms with van der Waals surface area (Å²) in [6.07, 6.45) is 5.99. The van der Waals surface area contributed by atoms with Crippen LogP contribution in [0.4, 0.5) is 0 Å². The zero-order valence-corrected chi connectivity index (χ0v) is 14.2. The number of hydrogen-bond donors (Lipinski definition) is 1. The van der Waals surface area contributed by atoms with Gasteiger partial charge in [-0.25, -0.2) is 13.1 Å². The molecule has 1 aliphatic rings. The topological polar surface area (TPSA) is 46.2 Å². The van der Waals surface area contributed by atoms with Crippen LogP contribution in [0.1, 0.15) is 39.0 Å². The Morgan fingerprint density at radius 1 is 1.15 bits per heavy atom. The lowest BCUT2D eigenvalue weighted by Crippen LogP contribution is -2.27. The maximum atomic E-state index is 12.1. The smallest absolute Gasteiger partial charge is 0.211 e. The molecule has 0 aromatic heterocycles. The normalized spacial score (nSPS) is 23.7. The molecular formula is C15H22BrNO2S. The molecule has 0 spiro atoms. The molecule has 0 unspecified atom stereocenters. The van der Waals surface area contributed by atoms with E-state index in [2.05, 4.69) is 27.6 Å². The maximum Gasteiger partial charge on any atom is 0.240 e. The standard InChI is InChI=1S/C15H22BrNO2S/c1-12-2-4-13(5-3-12)10-11-17-20(18,19)15-8-6-14(16)7-9-15/h6-9,12-13,17H,2-5,10-11H2,1H3. The molecule has 0 amide bonds. The van der Waals surface area contributed by atoms with E-state index in [1.165, 1.54) is 25.7 Å². The van der Waals surface area contributed by atoms with Crippen molar-refractivity contribution < 1.29 is 8.42 Å². The second kappa shape index (κ2) is 7.05. The van der Waals surface area contributed by atoms with E-state index >= 15 is 0 Å². The van der Waals surface area contributed by atoms with Gasteiger partial charge in [-0.15, -0.1) is 0 Å². The Kier molecular flexibility index (Phi) is 5.64. The molecular weight excluding hydrogens is 338 g/mol. The molecule has 5 heteroatoms. The predicted molar refractivity (Wildman–Crippen MR) is 85.1 cm³/mol. The molecule has 3 nitrogen and oxygen atoms in total. The summed E-state index contributed by atoms with van der Waals surface area (Å²) in [6.45, 7) is 2.84. The van der Waals surface area contributed by atoms with Gasteiger partial charge in [0.05, 0.1) is 4.90 Å². The van der Waals surface area contributed by atoms with E-state index in [1.807, 2.05) is 0 Å². The van der Waals surface area contributed by atoms with Crippen LogP contribution in [0, 0.1) is 11.8 Å². The summed E-state index contributed by atoms with van der Waals surface area (Å²) in [5, 5.41) is 0. The van der Waals surface area contributed by atoms with Crippen LogP contribution < -0.4 is 4.72 Å². The summed E-state index contributed by atoms with van der Waals surface area (Å²) in [7, 11) is -3.36. The monoisotopic (exact) mass is 359 g/mol. The number of rotatable bonds is 5. The van der Waals surface area contributed by atoms with Gasteiger partial charge < -0.3 is 0 Å². The van der Waals surface area contributed by atoms with Crippen molar-refractivity contribution in [2.75, 3.05) is 6.54 Å². The van der Waals surface area contributed by atoms with E-state index in [0.29, 0.717) is 17.4 Å². The zero-order valence-electron chi connectivity index (χ0n) is 11.8. The van der Waals surface area contributed by atoms with Crippen molar-refractivity contribution in [3.63, 3.8) is 0 Å². The first-order valence-corrected chi connectivity index (χ1v) is 9.50. The Labute approximate surface area is 130 Å². The lowest BCUT2D eigenvalue weighted by Gasteiger charge is -2.26. The first-order valence-electron chi connectivity index (χ1n) is 7.22. The summed E-state index contributed by atoms with van der Waals surface area (Å²) in [5.41, 5.74) is 0. The third-order valence-corrected chi connectivity index (χ3v) is 6.11. The molecule has 20 heavy (non-hydrogen) atoms. The molecule has 2 rings (SSSR count). The third kappa shape index (κ3) is 4.57. The lowest BCUT2D eigenvalue weighted by atomic mass is 9.81. The van der Waals surface area contributed by atoms with Gasteiger partial charge in [0, 0.05) is 11.0 Å². The highest BCUT2D eigenvalue weighted by molar-refractivity contribution is 9.10. The molecule has 1 aliphatic carbocycles. The largest absolute Gasteiger partial charge is 0.240 e. The summed E-state index contributed by atoms with van der Waals surface area (Å²) < 4.78 is 27.8. The van der Waals surface area contributed by atoms with E-state index in [1.54, 1.807) is 24.3 Å². The zero-order chi connectivity index (χ0) is 14.6. The minimum atomic E-state index is -3.36. The molecule has 1 saturated carbocycles. The Morgan fingerprint density at radius 3 is 2.35 bits per heavy atom. The van der Waals surface area contributed by atoms with E-state index < -0.39 is 10.0 Å². The molecule has 0 radical (unpaired) electrons. The van der Waals surface area contributed by atoms with E-state index in [4.69, 9.17) is 0 Å². The first kappa shape index (κ1) is 16.0. The third-order valence-electron chi connectivity index (χ3n) is 4.10. The van der Waals surface area contributed by atoms with Crippen molar-refractivity contribution in [3.05, 3.63) is 28.7 Å². The molecule has 1 N–H and O–H groups in total. The van der Waals surface area contributed by atoms with Gasteiger partial charge in [0.15, 0.2) is 0 Å². The summed E-state index contributed by atoms with van der Waals surface area (Å²) in [5.74, 6) is 1.52. The van der Waals surface area contributed by atoms with Gasteiger partial charge in [0.2, 0.25) is 10.0 Å². The minimum absolute atomic E-state index is 0.331. The highest BCUT2D eigenvalue weighted by Gasteiger charge is 2.19. The van der Waals surface area contributed by atoms with Gasteiger partial charge in [-0.05, 0) is 42.5 Å². The van der Waals surface area contributed by atoms with Crippen LogP contribution in [0.15, 0.2) is 33.6 Å². The lowest BCUT2D eigenvalue weighted by molar-refractivity contribution is 0.278. The van der Waals surface area contributed by atoms with E-state index in [-0.39, 0.29) is 0 Å². The molecule has 112 valence electrons. The van der Waals surface area contributed by atoms with Crippen LogP contribution in [-0.2, 0) is 10.0 Å². The van der Waals surface area contributed by atoms with Gasteiger partial charge in [0.1, 0.15) is 0 Å². The fourth-order valence-corrected chi connectivity index (χ4v) is 4.02. The Balaban J connectivity index is 1.82. The molecule has 0 bridgehead atoms. The molecule has 1 fully saturated rings. The number of hydrogen-bond acceptors (Lipinski definition) is 2. The quantitative estimate of drug-likeness (QED) is 0.864. The molecule has 0 atom stereocenters. The molecule has 1 aromatic rings. The van der Waals surface area contributed by atoms with Gasteiger partial charge in [-0.2, -0.15) is 0 Å². The van der Waals surface area contributed by atoms with Gasteiger partial charge in [-0.1, -0.05) is 48.5 Å². The van der Waals surface area contributed by atoms with Crippen molar-refractivity contribution in [2.45, 2.75) is 43.9 Å². The van der Waals surface area contributed by atoms with Crippen molar-refractivity contribution in [1.29, 1.82) is 0 Å². The number of halogens is 1. The SMILES string of the molecule is CC1CCC(CCNS(=O)(=O)c2ccc(Br)cc2)CC1. The van der Waals surface area contributed by atoms with Gasteiger partial charge >= 0.3 is 0 Å². The Hall–Kier alpha value is -0.390. The van der Waals surface area contributed by atoms with Crippen molar-refractivity contribution in [2.24, 2.45) is 11.8 Å². The number of nitrogens with one attached hydrogen (secondary N) is 1. The number of benzene rings is 1. The highest BCUT2D eigenvalue weighted by atomic mass is 79.9. The Bertz CT molecular complexity index is 519. The molecule has 0 saturated heterocycles. The highest BCUT2D eigenvalue weighted by Crippen LogP contribution is 2.30. The van der Waals surface area contributed by atoms with Gasteiger partial charge in [-0.3, -0.25) is 0 Å². The second-order valence-corrected chi connectivity index (χ2v) is 8.45. The predicted octanol–water partition coefficient (Wildman–Crippen LogP) is 3.94. The van der Waals surface area contributed by atoms with Crippen molar-refractivity contribution in [1.82, 2.24) is 4.72 Å². The summed E-state index contributed by atoms with van der Waals surface area (Å²) >= 11 is 3.31. The molecule has 0 aliphatic heterocycles. The minimum Gasteiger partial charge on any atom is -0.211 e. The average molecular weight is 360 g/mol.